The molecule has 22 heavy (non-hydrogen) atoms. The normalized spacial score (nSPS) is 10.6. The van der Waals surface area contributed by atoms with Crippen LogP contribution in [0.15, 0.2) is 47.3 Å². The molecule has 110 valence electrons. The molecule has 0 spiro atoms. The zero-order valence-corrected chi connectivity index (χ0v) is 12.3. The van der Waals surface area contributed by atoms with Gasteiger partial charge >= 0.3 is 0 Å². The molecule has 1 amide bonds. The third-order valence-electron chi connectivity index (χ3n) is 3.34. The first-order valence-corrected chi connectivity index (χ1v) is 6.92. The maximum absolute atomic E-state index is 12.4. The van der Waals surface area contributed by atoms with Crippen LogP contribution >= 0.6 is 0 Å². The zero-order valence-electron chi connectivity index (χ0n) is 12.3. The fraction of sp³-hybridized carbons (Fsp3) is 0.118. The summed E-state index contributed by atoms with van der Waals surface area (Å²) in [4.78, 5) is 31.0. The van der Waals surface area contributed by atoms with Gasteiger partial charge in [-0.25, -0.2) is 4.98 Å². The summed E-state index contributed by atoms with van der Waals surface area (Å²) in [5, 5.41) is 2.72. The highest BCUT2D eigenvalue weighted by atomic mass is 16.1. The standard InChI is InChI=1S/C17H15N3O2/c1-10-7-8-14-15(9-10)20-17(22)16(19-14)12-5-3-4-6-13(12)18-11(2)21/h3-9H,1-2H3,(H,18,21)(H,20,22). The van der Waals surface area contributed by atoms with Crippen molar-refractivity contribution in [3.05, 3.63) is 58.4 Å². The molecule has 0 atom stereocenters. The van der Waals surface area contributed by atoms with Gasteiger partial charge in [0, 0.05) is 12.5 Å². The lowest BCUT2D eigenvalue weighted by atomic mass is 10.1. The van der Waals surface area contributed by atoms with Crippen LogP contribution in [0.1, 0.15) is 12.5 Å². The number of aryl methyl sites for hydroxylation is 1. The Labute approximate surface area is 127 Å². The number of anilines is 1. The van der Waals surface area contributed by atoms with Gasteiger partial charge in [-0.3, -0.25) is 9.59 Å². The number of aromatic nitrogens is 2. The summed E-state index contributed by atoms with van der Waals surface area (Å²) in [6.45, 7) is 3.38. The van der Waals surface area contributed by atoms with Crippen molar-refractivity contribution in [3.63, 3.8) is 0 Å². The van der Waals surface area contributed by atoms with E-state index in [1.54, 1.807) is 24.3 Å². The minimum absolute atomic E-state index is 0.194. The molecule has 3 aromatic rings. The van der Waals surface area contributed by atoms with E-state index in [0.29, 0.717) is 28.0 Å². The number of nitrogens with zero attached hydrogens (tertiary/aromatic N) is 1. The summed E-state index contributed by atoms with van der Waals surface area (Å²) in [6.07, 6.45) is 0. The molecule has 2 aromatic carbocycles. The van der Waals surface area contributed by atoms with Gasteiger partial charge in [0.1, 0.15) is 5.69 Å². The predicted octanol–water partition coefficient (Wildman–Crippen LogP) is 2.86. The molecule has 0 aliphatic heterocycles. The van der Waals surface area contributed by atoms with Gasteiger partial charge in [-0.2, -0.15) is 0 Å². The van der Waals surface area contributed by atoms with Crippen molar-refractivity contribution in [2.45, 2.75) is 13.8 Å². The van der Waals surface area contributed by atoms with Crippen molar-refractivity contribution in [1.29, 1.82) is 0 Å². The molecular weight excluding hydrogens is 278 g/mol. The average Bonchev–Trinajstić information content (AvgIpc) is 2.47. The van der Waals surface area contributed by atoms with Crippen LogP contribution in [0.4, 0.5) is 5.69 Å². The summed E-state index contributed by atoms with van der Waals surface area (Å²) < 4.78 is 0. The Morgan fingerprint density at radius 3 is 2.73 bits per heavy atom. The topological polar surface area (TPSA) is 74.8 Å². The van der Waals surface area contributed by atoms with Crippen LogP contribution in [-0.2, 0) is 4.79 Å². The van der Waals surface area contributed by atoms with Gasteiger partial charge in [-0.05, 0) is 30.7 Å². The number of carbonyl (C=O) groups excluding carboxylic acids is 1. The highest BCUT2D eigenvalue weighted by Crippen LogP contribution is 2.25. The Morgan fingerprint density at radius 1 is 1.18 bits per heavy atom. The van der Waals surface area contributed by atoms with Gasteiger partial charge in [-0.1, -0.05) is 24.3 Å². The van der Waals surface area contributed by atoms with E-state index in [1.807, 2.05) is 25.1 Å². The number of H-pyrrole nitrogens is 1. The summed E-state index contributed by atoms with van der Waals surface area (Å²) in [5.41, 5.74) is 3.64. The summed E-state index contributed by atoms with van der Waals surface area (Å²) in [7, 11) is 0. The van der Waals surface area contributed by atoms with Gasteiger partial charge in [0.15, 0.2) is 0 Å². The molecule has 0 aliphatic carbocycles. The number of amides is 1. The van der Waals surface area contributed by atoms with Gasteiger partial charge in [0.05, 0.1) is 16.7 Å². The number of carbonyl (C=O) groups is 1. The third kappa shape index (κ3) is 2.61. The van der Waals surface area contributed by atoms with Crippen molar-refractivity contribution >= 4 is 22.6 Å². The van der Waals surface area contributed by atoms with Crippen LogP contribution in [0.5, 0.6) is 0 Å². The monoisotopic (exact) mass is 293 g/mol. The minimum Gasteiger partial charge on any atom is -0.326 e. The molecule has 1 aromatic heterocycles. The van der Waals surface area contributed by atoms with Crippen molar-refractivity contribution < 1.29 is 4.79 Å². The van der Waals surface area contributed by atoms with E-state index in [-0.39, 0.29) is 11.5 Å². The van der Waals surface area contributed by atoms with E-state index in [0.717, 1.165) is 5.56 Å². The van der Waals surface area contributed by atoms with E-state index >= 15 is 0 Å². The third-order valence-corrected chi connectivity index (χ3v) is 3.34. The number of hydrogen-bond donors (Lipinski definition) is 2. The lowest BCUT2D eigenvalue weighted by molar-refractivity contribution is -0.114. The smallest absolute Gasteiger partial charge is 0.275 e. The number of aromatic amines is 1. The summed E-state index contributed by atoms with van der Waals surface area (Å²) in [5.74, 6) is -0.194. The summed E-state index contributed by atoms with van der Waals surface area (Å²) >= 11 is 0. The second kappa shape index (κ2) is 5.44. The highest BCUT2D eigenvalue weighted by Gasteiger charge is 2.12. The van der Waals surface area contributed by atoms with Crippen LogP contribution in [0, 0.1) is 6.92 Å². The molecule has 0 fully saturated rings. The van der Waals surface area contributed by atoms with Gasteiger partial charge in [0.2, 0.25) is 5.91 Å². The number of rotatable bonds is 2. The van der Waals surface area contributed by atoms with Crippen LogP contribution < -0.4 is 10.9 Å². The van der Waals surface area contributed by atoms with Crippen LogP contribution in [0.25, 0.3) is 22.3 Å². The van der Waals surface area contributed by atoms with Crippen molar-refractivity contribution in [2.24, 2.45) is 0 Å². The maximum Gasteiger partial charge on any atom is 0.275 e. The fourth-order valence-corrected chi connectivity index (χ4v) is 2.37. The van der Waals surface area contributed by atoms with Crippen LogP contribution in [0.3, 0.4) is 0 Å². The van der Waals surface area contributed by atoms with E-state index in [9.17, 15) is 9.59 Å². The van der Waals surface area contributed by atoms with E-state index in [2.05, 4.69) is 15.3 Å². The molecule has 3 rings (SSSR count). The van der Waals surface area contributed by atoms with E-state index in [1.165, 1.54) is 6.92 Å². The van der Waals surface area contributed by atoms with Gasteiger partial charge in [-0.15, -0.1) is 0 Å². The quantitative estimate of drug-likeness (QED) is 0.763. The fourth-order valence-electron chi connectivity index (χ4n) is 2.37. The van der Waals surface area contributed by atoms with Crippen molar-refractivity contribution in [2.75, 3.05) is 5.32 Å². The molecule has 0 radical (unpaired) electrons. The number of benzene rings is 2. The lowest BCUT2D eigenvalue weighted by Crippen LogP contribution is -2.14. The zero-order chi connectivity index (χ0) is 15.7. The molecule has 0 saturated carbocycles. The number of para-hydroxylation sites is 1. The van der Waals surface area contributed by atoms with Crippen molar-refractivity contribution in [1.82, 2.24) is 9.97 Å². The molecular formula is C17H15N3O2. The molecule has 0 saturated heterocycles. The van der Waals surface area contributed by atoms with Gasteiger partial charge in [0.25, 0.3) is 5.56 Å². The highest BCUT2D eigenvalue weighted by molar-refractivity contribution is 5.94. The molecule has 5 heteroatoms. The first-order chi connectivity index (χ1) is 10.5. The SMILES string of the molecule is CC(=O)Nc1ccccc1-c1nc2ccc(C)cc2[nH]c1=O. The first kappa shape index (κ1) is 14.0. The number of nitrogens with one attached hydrogen (secondary N) is 2. The molecule has 2 N–H and O–H groups in total. The lowest BCUT2D eigenvalue weighted by Gasteiger charge is -2.09. The van der Waals surface area contributed by atoms with Gasteiger partial charge < -0.3 is 10.3 Å². The largest absolute Gasteiger partial charge is 0.326 e. The number of fused-ring (bicyclic) bond motifs is 1. The second-order valence-electron chi connectivity index (χ2n) is 5.16. The Morgan fingerprint density at radius 2 is 1.95 bits per heavy atom. The molecule has 0 bridgehead atoms. The number of hydrogen-bond acceptors (Lipinski definition) is 3. The Bertz CT molecular complexity index is 929. The average molecular weight is 293 g/mol. The minimum atomic E-state index is -0.282. The molecule has 0 unspecified atom stereocenters. The maximum atomic E-state index is 12.4. The van der Waals surface area contributed by atoms with Crippen LogP contribution in [-0.4, -0.2) is 15.9 Å². The van der Waals surface area contributed by atoms with E-state index < -0.39 is 0 Å². The molecule has 0 aliphatic rings. The second-order valence-corrected chi connectivity index (χ2v) is 5.16. The van der Waals surface area contributed by atoms with Crippen molar-refractivity contribution in [3.8, 4) is 11.3 Å². The van der Waals surface area contributed by atoms with Crippen LogP contribution in [0.2, 0.25) is 0 Å². The molecule has 5 nitrogen and oxygen atoms in total. The summed E-state index contributed by atoms with van der Waals surface area (Å²) in [6, 6.07) is 12.8. The Hall–Kier alpha value is -2.95. The molecule has 1 heterocycles. The Balaban J connectivity index is 2.22. The van der Waals surface area contributed by atoms with E-state index in [4.69, 9.17) is 0 Å². The first-order valence-electron chi connectivity index (χ1n) is 6.92. The predicted molar refractivity (Wildman–Crippen MR) is 86.8 cm³/mol. The Kier molecular flexibility index (Phi) is 3.47.